The van der Waals surface area contributed by atoms with Crippen molar-refractivity contribution in [1.29, 1.82) is 0 Å². The SMILES string of the molecule is CCOC(=O)c1c(NC(=O)c2cc(-c3ccc(Cl)c(Cl)c3)nc3ccccc23)sc2c1CCC(C)C2. The topological polar surface area (TPSA) is 68.3 Å². The molecule has 0 saturated heterocycles. The average molecular weight is 539 g/mol. The molecule has 0 fully saturated rings. The summed E-state index contributed by atoms with van der Waals surface area (Å²) in [5.41, 5.74) is 3.97. The van der Waals surface area contributed by atoms with E-state index in [1.165, 1.54) is 11.3 Å². The largest absolute Gasteiger partial charge is 0.462 e. The number of rotatable bonds is 5. The maximum atomic E-state index is 13.7. The van der Waals surface area contributed by atoms with Crippen LogP contribution in [0.15, 0.2) is 48.5 Å². The van der Waals surface area contributed by atoms with Crippen LogP contribution in [-0.2, 0) is 17.6 Å². The summed E-state index contributed by atoms with van der Waals surface area (Å²) in [5, 5.41) is 5.14. The minimum Gasteiger partial charge on any atom is -0.462 e. The van der Waals surface area contributed by atoms with Crippen molar-refractivity contribution < 1.29 is 14.3 Å². The Bertz CT molecular complexity index is 1500. The van der Waals surface area contributed by atoms with Gasteiger partial charge in [0.25, 0.3) is 5.91 Å². The molecule has 36 heavy (non-hydrogen) atoms. The summed E-state index contributed by atoms with van der Waals surface area (Å²) < 4.78 is 5.36. The number of carbonyl (C=O) groups is 2. The molecule has 5 nitrogen and oxygen atoms in total. The molecule has 0 spiro atoms. The average Bonchev–Trinajstić information content (AvgIpc) is 3.21. The number of benzene rings is 2. The normalized spacial score (nSPS) is 14.9. The third-order valence-electron chi connectivity index (χ3n) is 6.39. The summed E-state index contributed by atoms with van der Waals surface area (Å²) in [7, 11) is 0. The van der Waals surface area contributed by atoms with Crippen molar-refractivity contribution in [2.75, 3.05) is 11.9 Å². The smallest absolute Gasteiger partial charge is 0.341 e. The molecule has 0 bridgehead atoms. The molecule has 0 radical (unpaired) electrons. The fourth-order valence-corrected chi connectivity index (χ4v) is 6.29. The number of amides is 1. The number of ether oxygens (including phenoxy) is 1. The first kappa shape index (κ1) is 24.8. The van der Waals surface area contributed by atoms with Crippen molar-refractivity contribution in [3.05, 3.63) is 80.1 Å². The first-order valence-corrected chi connectivity index (χ1v) is 13.4. The zero-order valence-electron chi connectivity index (χ0n) is 19.9. The van der Waals surface area contributed by atoms with E-state index in [-0.39, 0.29) is 12.5 Å². The number of pyridine rings is 1. The van der Waals surface area contributed by atoms with Gasteiger partial charge in [-0.1, -0.05) is 54.4 Å². The fraction of sp³-hybridized carbons (Fsp3) is 0.250. The molecule has 1 amide bonds. The lowest BCUT2D eigenvalue weighted by Crippen LogP contribution is -2.17. The number of anilines is 1. The number of hydrogen-bond donors (Lipinski definition) is 1. The van der Waals surface area contributed by atoms with E-state index in [1.807, 2.05) is 30.3 Å². The van der Waals surface area contributed by atoms with Gasteiger partial charge in [-0.3, -0.25) is 4.79 Å². The number of esters is 1. The maximum Gasteiger partial charge on any atom is 0.341 e. The van der Waals surface area contributed by atoms with Crippen LogP contribution in [0.4, 0.5) is 5.00 Å². The van der Waals surface area contributed by atoms with Gasteiger partial charge in [0.1, 0.15) is 5.00 Å². The molecule has 1 atom stereocenters. The Morgan fingerprint density at radius 1 is 1.14 bits per heavy atom. The third kappa shape index (κ3) is 4.73. The van der Waals surface area contributed by atoms with Gasteiger partial charge in [-0.25, -0.2) is 9.78 Å². The second-order valence-electron chi connectivity index (χ2n) is 8.93. The molecule has 0 aliphatic heterocycles. The molecule has 1 aliphatic carbocycles. The van der Waals surface area contributed by atoms with Crippen molar-refractivity contribution in [2.24, 2.45) is 5.92 Å². The van der Waals surface area contributed by atoms with E-state index in [2.05, 4.69) is 12.2 Å². The van der Waals surface area contributed by atoms with Crippen LogP contribution in [0.25, 0.3) is 22.2 Å². The summed E-state index contributed by atoms with van der Waals surface area (Å²) in [5.74, 6) is -0.171. The lowest BCUT2D eigenvalue weighted by atomic mass is 9.88. The molecule has 1 unspecified atom stereocenters. The van der Waals surface area contributed by atoms with E-state index in [0.29, 0.717) is 48.7 Å². The number of nitrogens with zero attached hydrogens (tertiary/aromatic N) is 1. The van der Waals surface area contributed by atoms with Gasteiger partial charge in [-0.2, -0.15) is 0 Å². The molecule has 0 saturated carbocycles. The zero-order chi connectivity index (χ0) is 25.4. The highest BCUT2D eigenvalue weighted by molar-refractivity contribution is 7.17. The standard InChI is InChI=1S/C28H24Cl2N2O3S/c1-3-35-28(34)25-18-10-8-15(2)12-24(18)36-27(25)32-26(33)19-14-23(16-9-11-20(29)21(30)13-16)31-22-7-5-4-6-17(19)22/h4-7,9,11,13-15H,3,8,10,12H2,1-2H3,(H,32,33). The summed E-state index contributed by atoms with van der Waals surface area (Å²) >= 11 is 13.8. The van der Waals surface area contributed by atoms with E-state index in [1.54, 1.807) is 25.1 Å². The Kier molecular flexibility index (Phi) is 7.02. The van der Waals surface area contributed by atoms with Gasteiger partial charge in [0, 0.05) is 15.8 Å². The van der Waals surface area contributed by atoms with E-state index >= 15 is 0 Å². The Morgan fingerprint density at radius 2 is 1.94 bits per heavy atom. The van der Waals surface area contributed by atoms with Crippen LogP contribution in [0.5, 0.6) is 0 Å². The Labute approximate surface area is 223 Å². The zero-order valence-corrected chi connectivity index (χ0v) is 22.2. The third-order valence-corrected chi connectivity index (χ3v) is 8.30. The molecule has 2 heterocycles. The second kappa shape index (κ2) is 10.2. The van der Waals surface area contributed by atoms with Crippen LogP contribution in [0.2, 0.25) is 10.0 Å². The highest BCUT2D eigenvalue weighted by Gasteiger charge is 2.29. The first-order valence-electron chi connectivity index (χ1n) is 11.8. The first-order chi connectivity index (χ1) is 17.4. The van der Waals surface area contributed by atoms with Crippen molar-refractivity contribution >= 4 is 62.3 Å². The van der Waals surface area contributed by atoms with E-state index in [4.69, 9.17) is 32.9 Å². The predicted octanol–water partition coefficient (Wildman–Crippen LogP) is 7.82. The van der Waals surface area contributed by atoms with Gasteiger partial charge in [0.15, 0.2) is 0 Å². The van der Waals surface area contributed by atoms with Gasteiger partial charge in [0.05, 0.1) is 39.0 Å². The molecule has 8 heteroatoms. The van der Waals surface area contributed by atoms with Crippen LogP contribution >= 0.6 is 34.5 Å². The Balaban J connectivity index is 1.58. The second-order valence-corrected chi connectivity index (χ2v) is 10.9. The monoisotopic (exact) mass is 538 g/mol. The molecule has 1 N–H and O–H groups in total. The number of hydrogen-bond acceptors (Lipinski definition) is 5. The number of carbonyl (C=O) groups excluding carboxylic acids is 2. The minimum atomic E-state index is -0.393. The van der Waals surface area contributed by atoms with E-state index in [0.717, 1.165) is 35.3 Å². The molecular weight excluding hydrogens is 515 g/mol. The summed E-state index contributed by atoms with van der Waals surface area (Å²) in [6, 6.07) is 14.5. The van der Waals surface area contributed by atoms with Crippen molar-refractivity contribution in [2.45, 2.75) is 33.1 Å². The molecular formula is C28H24Cl2N2O3S. The highest BCUT2D eigenvalue weighted by Crippen LogP contribution is 2.40. The molecule has 2 aromatic heterocycles. The summed E-state index contributed by atoms with van der Waals surface area (Å²) in [6.45, 7) is 4.26. The fourth-order valence-electron chi connectivity index (χ4n) is 4.60. The molecule has 5 rings (SSSR count). The van der Waals surface area contributed by atoms with Crippen molar-refractivity contribution in [3.63, 3.8) is 0 Å². The lowest BCUT2D eigenvalue weighted by Gasteiger charge is -2.18. The van der Waals surface area contributed by atoms with Crippen molar-refractivity contribution in [1.82, 2.24) is 4.98 Å². The number of nitrogens with one attached hydrogen (secondary N) is 1. The number of thiophene rings is 1. The lowest BCUT2D eigenvalue weighted by molar-refractivity contribution is 0.0526. The van der Waals surface area contributed by atoms with Gasteiger partial charge in [-0.15, -0.1) is 11.3 Å². The van der Waals surface area contributed by atoms with Crippen LogP contribution in [0, 0.1) is 5.92 Å². The molecule has 1 aliphatic rings. The molecule has 4 aromatic rings. The number of fused-ring (bicyclic) bond motifs is 2. The maximum absolute atomic E-state index is 13.7. The van der Waals surface area contributed by atoms with Gasteiger partial charge < -0.3 is 10.1 Å². The number of para-hydroxylation sites is 1. The number of halogens is 2. The van der Waals surface area contributed by atoms with E-state index in [9.17, 15) is 9.59 Å². The number of aromatic nitrogens is 1. The summed E-state index contributed by atoms with van der Waals surface area (Å²) in [6.07, 6.45) is 2.70. The quantitative estimate of drug-likeness (QED) is 0.263. The van der Waals surface area contributed by atoms with Crippen LogP contribution in [0.3, 0.4) is 0 Å². The van der Waals surface area contributed by atoms with E-state index < -0.39 is 5.97 Å². The van der Waals surface area contributed by atoms with Crippen LogP contribution in [0.1, 0.15) is 51.4 Å². The van der Waals surface area contributed by atoms with Crippen LogP contribution < -0.4 is 5.32 Å². The highest BCUT2D eigenvalue weighted by atomic mass is 35.5. The summed E-state index contributed by atoms with van der Waals surface area (Å²) in [4.78, 5) is 32.5. The van der Waals surface area contributed by atoms with Crippen molar-refractivity contribution in [3.8, 4) is 11.3 Å². The Morgan fingerprint density at radius 3 is 2.72 bits per heavy atom. The minimum absolute atomic E-state index is 0.273. The van der Waals surface area contributed by atoms with Gasteiger partial charge in [-0.05, 0) is 61.9 Å². The Hall–Kier alpha value is -2.93. The van der Waals surface area contributed by atoms with Gasteiger partial charge >= 0.3 is 5.97 Å². The molecule has 184 valence electrons. The molecule has 2 aromatic carbocycles. The van der Waals surface area contributed by atoms with Gasteiger partial charge in [0.2, 0.25) is 0 Å². The van der Waals surface area contributed by atoms with Crippen LogP contribution in [-0.4, -0.2) is 23.5 Å². The predicted molar refractivity (Wildman–Crippen MR) is 147 cm³/mol.